The second-order valence-corrected chi connectivity index (χ2v) is 4.23. The van der Waals surface area contributed by atoms with Crippen molar-refractivity contribution in [3.05, 3.63) is 52.3 Å². The number of benzene rings is 1. The van der Waals surface area contributed by atoms with Gasteiger partial charge in [-0.2, -0.15) is 5.10 Å². The number of hydrogen-bond acceptors (Lipinski definition) is 2. The average Bonchev–Trinajstić information content (AvgIpc) is 2.62. The summed E-state index contributed by atoms with van der Waals surface area (Å²) in [6, 6.07) is 3.66. The number of aryl methyl sites for hydroxylation is 3. The predicted octanol–water partition coefficient (Wildman–Crippen LogP) is 2.78. The van der Waals surface area contributed by atoms with Gasteiger partial charge in [-0.1, -0.05) is 0 Å². The molecule has 18 heavy (non-hydrogen) atoms. The van der Waals surface area contributed by atoms with Gasteiger partial charge in [0.05, 0.1) is 5.69 Å². The van der Waals surface area contributed by atoms with Crippen molar-refractivity contribution in [2.75, 3.05) is 0 Å². The van der Waals surface area contributed by atoms with Crippen LogP contribution in [0.15, 0.2) is 18.2 Å². The zero-order chi connectivity index (χ0) is 13.4. The standard InChI is InChI=1S/C13H12F2N2O/c1-7-4-11(14)12(15)6-10(7)13(18)17-9(3)5-8(2)16-17/h4-6H,1-3H3. The van der Waals surface area contributed by atoms with Crippen LogP contribution in [-0.4, -0.2) is 15.7 Å². The number of aromatic nitrogens is 2. The van der Waals surface area contributed by atoms with Crippen molar-refractivity contribution in [1.82, 2.24) is 9.78 Å². The molecule has 0 aliphatic rings. The molecule has 94 valence electrons. The van der Waals surface area contributed by atoms with E-state index in [2.05, 4.69) is 5.10 Å². The van der Waals surface area contributed by atoms with Gasteiger partial charge in [0.1, 0.15) is 0 Å². The summed E-state index contributed by atoms with van der Waals surface area (Å²) in [6.45, 7) is 5.05. The van der Waals surface area contributed by atoms with Gasteiger partial charge in [0, 0.05) is 11.3 Å². The van der Waals surface area contributed by atoms with E-state index < -0.39 is 17.5 Å². The molecule has 0 unspecified atom stereocenters. The van der Waals surface area contributed by atoms with Crippen molar-refractivity contribution in [1.29, 1.82) is 0 Å². The Morgan fingerprint density at radius 3 is 2.28 bits per heavy atom. The highest BCUT2D eigenvalue weighted by Crippen LogP contribution is 2.16. The molecule has 0 spiro atoms. The maximum atomic E-state index is 13.2. The zero-order valence-corrected chi connectivity index (χ0v) is 10.3. The Bertz CT molecular complexity index is 632. The number of nitrogens with zero attached hydrogens (tertiary/aromatic N) is 2. The third kappa shape index (κ3) is 2.03. The molecule has 0 N–H and O–H groups in total. The van der Waals surface area contributed by atoms with Crippen LogP contribution in [0.25, 0.3) is 0 Å². The van der Waals surface area contributed by atoms with E-state index in [1.54, 1.807) is 26.8 Å². The molecule has 0 saturated carbocycles. The van der Waals surface area contributed by atoms with Gasteiger partial charge >= 0.3 is 0 Å². The van der Waals surface area contributed by atoms with Crippen LogP contribution in [0.5, 0.6) is 0 Å². The van der Waals surface area contributed by atoms with Gasteiger partial charge in [0.15, 0.2) is 11.6 Å². The first-order valence-corrected chi connectivity index (χ1v) is 5.43. The van der Waals surface area contributed by atoms with Crippen LogP contribution in [0.4, 0.5) is 8.78 Å². The molecule has 0 amide bonds. The van der Waals surface area contributed by atoms with Crippen molar-refractivity contribution in [3.8, 4) is 0 Å². The Kier molecular flexibility index (Phi) is 2.98. The van der Waals surface area contributed by atoms with Gasteiger partial charge in [-0.05, 0) is 44.5 Å². The molecular weight excluding hydrogens is 238 g/mol. The highest BCUT2D eigenvalue weighted by molar-refractivity contribution is 5.97. The van der Waals surface area contributed by atoms with Crippen molar-refractivity contribution < 1.29 is 13.6 Å². The highest BCUT2D eigenvalue weighted by Gasteiger charge is 2.17. The van der Waals surface area contributed by atoms with Crippen molar-refractivity contribution in [3.63, 3.8) is 0 Å². The lowest BCUT2D eigenvalue weighted by molar-refractivity contribution is 0.0941. The van der Waals surface area contributed by atoms with E-state index in [1.165, 1.54) is 4.68 Å². The molecule has 1 aromatic heterocycles. The van der Waals surface area contributed by atoms with Crippen molar-refractivity contribution in [2.24, 2.45) is 0 Å². The van der Waals surface area contributed by atoms with Gasteiger partial charge in [0.2, 0.25) is 0 Å². The molecule has 3 nitrogen and oxygen atoms in total. The second-order valence-electron chi connectivity index (χ2n) is 4.23. The summed E-state index contributed by atoms with van der Waals surface area (Å²) >= 11 is 0. The third-order valence-corrected chi connectivity index (χ3v) is 2.70. The van der Waals surface area contributed by atoms with E-state index in [9.17, 15) is 13.6 Å². The van der Waals surface area contributed by atoms with E-state index in [4.69, 9.17) is 0 Å². The van der Waals surface area contributed by atoms with Gasteiger partial charge < -0.3 is 0 Å². The van der Waals surface area contributed by atoms with Crippen LogP contribution in [0, 0.1) is 32.4 Å². The minimum Gasteiger partial charge on any atom is -0.267 e. The van der Waals surface area contributed by atoms with E-state index in [0.717, 1.165) is 12.1 Å². The molecule has 0 atom stereocenters. The number of carbonyl (C=O) groups excluding carboxylic acids is 1. The fraction of sp³-hybridized carbons (Fsp3) is 0.231. The highest BCUT2D eigenvalue weighted by atomic mass is 19.2. The molecule has 2 aromatic rings. The number of carbonyl (C=O) groups is 1. The van der Waals surface area contributed by atoms with Crippen LogP contribution >= 0.6 is 0 Å². The topological polar surface area (TPSA) is 34.9 Å². The monoisotopic (exact) mass is 250 g/mol. The average molecular weight is 250 g/mol. The molecule has 5 heteroatoms. The van der Waals surface area contributed by atoms with Crippen LogP contribution in [0.2, 0.25) is 0 Å². The molecule has 1 heterocycles. The summed E-state index contributed by atoms with van der Waals surface area (Å²) in [6.07, 6.45) is 0. The van der Waals surface area contributed by atoms with Crippen LogP contribution < -0.4 is 0 Å². The summed E-state index contributed by atoms with van der Waals surface area (Å²) in [5, 5.41) is 4.03. The molecule has 0 fully saturated rings. The number of rotatable bonds is 1. The van der Waals surface area contributed by atoms with E-state index in [-0.39, 0.29) is 5.56 Å². The fourth-order valence-electron chi connectivity index (χ4n) is 1.83. The summed E-state index contributed by atoms with van der Waals surface area (Å²) in [5.41, 5.74) is 1.84. The Labute approximate surface area is 103 Å². The Morgan fingerprint density at radius 1 is 1.11 bits per heavy atom. The largest absolute Gasteiger partial charge is 0.278 e. The smallest absolute Gasteiger partial charge is 0.267 e. The molecule has 0 aliphatic carbocycles. The quantitative estimate of drug-likeness (QED) is 0.780. The molecule has 0 radical (unpaired) electrons. The molecule has 1 aromatic carbocycles. The molecule has 0 bridgehead atoms. The zero-order valence-electron chi connectivity index (χ0n) is 10.3. The SMILES string of the molecule is Cc1cc(C)n(C(=O)c2cc(F)c(F)cc2C)n1. The van der Waals surface area contributed by atoms with E-state index >= 15 is 0 Å². The van der Waals surface area contributed by atoms with Gasteiger partial charge in [-0.15, -0.1) is 0 Å². The summed E-state index contributed by atoms with van der Waals surface area (Å²) in [5.74, 6) is -2.46. The first kappa shape index (κ1) is 12.4. The Balaban J connectivity index is 2.53. The van der Waals surface area contributed by atoms with Crippen LogP contribution in [0.1, 0.15) is 27.3 Å². The lowest BCUT2D eigenvalue weighted by Crippen LogP contribution is -2.17. The van der Waals surface area contributed by atoms with Crippen molar-refractivity contribution >= 4 is 5.91 Å². The first-order chi connectivity index (χ1) is 8.40. The Hall–Kier alpha value is -2.04. The fourth-order valence-corrected chi connectivity index (χ4v) is 1.83. The van der Waals surface area contributed by atoms with Crippen LogP contribution in [0.3, 0.4) is 0 Å². The molecule has 2 rings (SSSR count). The molecular formula is C13H12F2N2O. The minimum atomic E-state index is -1.04. The lowest BCUT2D eigenvalue weighted by atomic mass is 10.1. The Morgan fingerprint density at radius 2 is 1.72 bits per heavy atom. The normalized spacial score (nSPS) is 10.7. The minimum absolute atomic E-state index is 0.111. The number of hydrogen-bond donors (Lipinski definition) is 0. The van der Waals surface area contributed by atoms with E-state index in [1.807, 2.05) is 0 Å². The maximum absolute atomic E-state index is 13.2. The third-order valence-electron chi connectivity index (χ3n) is 2.70. The molecule has 0 aliphatic heterocycles. The number of halogens is 2. The first-order valence-electron chi connectivity index (χ1n) is 5.43. The predicted molar refractivity (Wildman–Crippen MR) is 62.5 cm³/mol. The van der Waals surface area contributed by atoms with Crippen molar-refractivity contribution in [2.45, 2.75) is 20.8 Å². The van der Waals surface area contributed by atoms with Gasteiger partial charge in [0.25, 0.3) is 5.91 Å². The summed E-state index contributed by atoms with van der Waals surface area (Å²) < 4.78 is 27.4. The van der Waals surface area contributed by atoms with Gasteiger partial charge in [-0.3, -0.25) is 4.79 Å². The molecule has 0 saturated heterocycles. The van der Waals surface area contributed by atoms with Gasteiger partial charge in [-0.25, -0.2) is 13.5 Å². The summed E-state index contributed by atoms with van der Waals surface area (Å²) in [7, 11) is 0. The van der Waals surface area contributed by atoms with Crippen LogP contribution in [-0.2, 0) is 0 Å². The van der Waals surface area contributed by atoms with E-state index in [0.29, 0.717) is 17.0 Å². The lowest BCUT2D eigenvalue weighted by Gasteiger charge is -2.07. The maximum Gasteiger partial charge on any atom is 0.278 e. The second kappa shape index (κ2) is 4.33. The summed E-state index contributed by atoms with van der Waals surface area (Å²) in [4.78, 5) is 12.2.